The summed E-state index contributed by atoms with van der Waals surface area (Å²) in [6, 6.07) is 9.72. The maximum absolute atomic E-state index is 6.54. The number of rotatable bonds is 4. The van der Waals surface area contributed by atoms with Crippen molar-refractivity contribution in [3.63, 3.8) is 0 Å². The lowest BCUT2D eigenvalue weighted by molar-refractivity contribution is 0.102. The molecular formula is C17H17ClN6OS. The Labute approximate surface area is 160 Å². The van der Waals surface area contributed by atoms with Crippen molar-refractivity contribution < 1.29 is 4.74 Å². The minimum absolute atomic E-state index is 0.0938. The highest BCUT2D eigenvalue weighted by atomic mass is 35.5. The Balaban J connectivity index is 1.69. The number of nitrogens with one attached hydrogen (secondary N) is 1. The standard InChI is InChI=1S/C17H17ClN6OS/c1-11-13(15(18)23(22-11)12-6-3-2-4-7-12)10-19-24-16(20-21-17(24)26)14-8-5-9-25-14/h2-4,6-7,10,14H,5,8-9H2,1H3,(H,21,26)/b19-10-/t14-/m0/s1. The van der Waals surface area contributed by atoms with Crippen molar-refractivity contribution in [2.45, 2.75) is 25.9 Å². The van der Waals surface area contributed by atoms with E-state index in [9.17, 15) is 0 Å². The van der Waals surface area contributed by atoms with Crippen molar-refractivity contribution in [2.24, 2.45) is 5.10 Å². The van der Waals surface area contributed by atoms with Crippen LogP contribution in [0.5, 0.6) is 0 Å². The van der Waals surface area contributed by atoms with E-state index in [4.69, 9.17) is 28.6 Å². The van der Waals surface area contributed by atoms with Crippen molar-refractivity contribution in [1.29, 1.82) is 0 Å². The Morgan fingerprint density at radius 3 is 2.92 bits per heavy atom. The van der Waals surface area contributed by atoms with Gasteiger partial charge in [0, 0.05) is 6.61 Å². The third kappa shape index (κ3) is 3.11. The van der Waals surface area contributed by atoms with Crippen LogP contribution in [0.25, 0.3) is 5.69 Å². The van der Waals surface area contributed by atoms with Gasteiger partial charge < -0.3 is 4.74 Å². The van der Waals surface area contributed by atoms with Crippen LogP contribution >= 0.6 is 23.8 Å². The molecule has 0 aliphatic carbocycles. The average molecular weight is 389 g/mol. The molecule has 2 aromatic heterocycles. The Morgan fingerprint density at radius 2 is 2.19 bits per heavy atom. The molecule has 1 saturated heterocycles. The lowest BCUT2D eigenvalue weighted by Crippen LogP contribution is -2.05. The Bertz CT molecular complexity index is 1000. The highest BCUT2D eigenvalue weighted by Gasteiger charge is 2.23. The minimum Gasteiger partial charge on any atom is -0.370 e. The van der Waals surface area contributed by atoms with Gasteiger partial charge in [0.05, 0.1) is 23.2 Å². The summed E-state index contributed by atoms with van der Waals surface area (Å²) < 4.78 is 9.37. The molecule has 1 atom stereocenters. The molecule has 1 aliphatic rings. The number of nitrogens with zero attached hydrogens (tertiary/aromatic N) is 5. The molecule has 0 saturated carbocycles. The molecule has 1 aromatic carbocycles. The second-order valence-corrected chi connectivity index (χ2v) is 6.73. The maximum Gasteiger partial charge on any atom is 0.216 e. The third-order valence-electron chi connectivity index (χ3n) is 4.24. The van der Waals surface area contributed by atoms with Crippen LogP contribution in [0.2, 0.25) is 5.15 Å². The molecule has 0 bridgehead atoms. The predicted molar refractivity (Wildman–Crippen MR) is 102 cm³/mol. The topological polar surface area (TPSA) is 73.0 Å². The number of aromatic nitrogens is 5. The molecule has 0 radical (unpaired) electrons. The van der Waals surface area contributed by atoms with Gasteiger partial charge in [-0.15, -0.1) is 0 Å². The zero-order valence-electron chi connectivity index (χ0n) is 14.1. The van der Waals surface area contributed by atoms with Crippen molar-refractivity contribution in [3.8, 4) is 5.69 Å². The van der Waals surface area contributed by atoms with E-state index < -0.39 is 0 Å². The summed E-state index contributed by atoms with van der Waals surface area (Å²) in [6.45, 7) is 2.62. The van der Waals surface area contributed by atoms with Gasteiger partial charge in [0.25, 0.3) is 0 Å². The van der Waals surface area contributed by atoms with E-state index in [0.29, 0.717) is 15.7 Å². The summed E-state index contributed by atoms with van der Waals surface area (Å²) in [4.78, 5) is 0. The van der Waals surface area contributed by atoms with Gasteiger partial charge in [0.2, 0.25) is 4.77 Å². The van der Waals surface area contributed by atoms with Gasteiger partial charge in [-0.05, 0) is 44.1 Å². The molecule has 4 rings (SSSR count). The van der Waals surface area contributed by atoms with Crippen molar-refractivity contribution in [1.82, 2.24) is 24.7 Å². The molecule has 1 fully saturated rings. The normalized spacial score (nSPS) is 17.4. The smallest absolute Gasteiger partial charge is 0.216 e. The third-order valence-corrected chi connectivity index (χ3v) is 4.87. The van der Waals surface area contributed by atoms with E-state index in [1.165, 1.54) is 0 Å². The number of ether oxygens (including phenoxy) is 1. The number of aryl methyl sites for hydroxylation is 1. The molecule has 0 unspecified atom stereocenters. The van der Waals surface area contributed by atoms with Crippen molar-refractivity contribution in [3.05, 3.63) is 57.3 Å². The van der Waals surface area contributed by atoms with E-state index in [-0.39, 0.29) is 6.10 Å². The fraction of sp³-hybridized carbons (Fsp3) is 0.294. The van der Waals surface area contributed by atoms with E-state index in [1.54, 1.807) is 15.6 Å². The van der Waals surface area contributed by atoms with Gasteiger partial charge in [0.1, 0.15) is 11.3 Å². The monoisotopic (exact) mass is 388 g/mol. The van der Waals surface area contributed by atoms with Gasteiger partial charge in [0.15, 0.2) is 5.82 Å². The summed E-state index contributed by atoms with van der Waals surface area (Å²) in [6.07, 6.45) is 3.47. The fourth-order valence-corrected chi connectivity index (χ4v) is 3.43. The Morgan fingerprint density at radius 1 is 1.38 bits per heavy atom. The molecule has 0 amide bonds. The number of hydrogen-bond acceptors (Lipinski definition) is 5. The van der Waals surface area contributed by atoms with Crippen LogP contribution in [0.3, 0.4) is 0 Å². The number of halogens is 1. The van der Waals surface area contributed by atoms with Gasteiger partial charge in [-0.1, -0.05) is 29.8 Å². The van der Waals surface area contributed by atoms with Crippen LogP contribution in [0.15, 0.2) is 35.4 Å². The fourth-order valence-electron chi connectivity index (χ4n) is 2.92. The maximum atomic E-state index is 6.54. The van der Waals surface area contributed by atoms with Crippen LogP contribution < -0.4 is 0 Å². The summed E-state index contributed by atoms with van der Waals surface area (Å²) in [5, 5.41) is 16.5. The number of H-pyrrole nitrogens is 1. The summed E-state index contributed by atoms with van der Waals surface area (Å²) in [7, 11) is 0. The number of benzene rings is 1. The second-order valence-electron chi connectivity index (χ2n) is 5.98. The Hall–Kier alpha value is -2.29. The van der Waals surface area contributed by atoms with E-state index in [2.05, 4.69) is 20.4 Å². The number of para-hydroxylation sites is 1. The summed E-state index contributed by atoms with van der Waals surface area (Å²) in [5.41, 5.74) is 2.40. The van der Waals surface area contributed by atoms with Crippen LogP contribution in [0.1, 0.15) is 36.0 Å². The molecule has 134 valence electrons. The first kappa shape index (κ1) is 17.1. The van der Waals surface area contributed by atoms with E-state index in [0.717, 1.165) is 36.4 Å². The Kier molecular flexibility index (Phi) is 4.71. The van der Waals surface area contributed by atoms with Crippen LogP contribution in [0.4, 0.5) is 0 Å². The van der Waals surface area contributed by atoms with Gasteiger partial charge in [-0.2, -0.15) is 20.0 Å². The van der Waals surface area contributed by atoms with Crippen molar-refractivity contribution >= 4 is 30.0 Å². The van der Waals surface area contributed by atoms with Crippen LogP contribution in [-0.2, 0) is 4.74 Å². The lowest BCUT2D eigenvalue weighted by Gasteiger charge is -2.07. The quantitative estimate of drug-likeness (QED) is 0.544. The van der Waals surface area contributed by atoms with Gasteiger partial charge >= 0.3 is 0 Å². The SMILES string of the molecule is Cc1nn(-c2ccccc2)c(Cl)c1/C=N\n1c([C@@H]2CCCO2)n[nH]c1=S. The molecule has 3 heterocycles. The average Bonchev–Trinajstić information content (AvgIpc) is 3.36. The minimum atomic E-state index is -0.0938. The highest BCUT2D eigenvalue weighted by molar-refractivity contribution is 7.71. The second kappa shape index (κ2) is 7.14. The van der Waals surface area contributed by atoms with E-state index >= 15 is 0 Å². The van der Waals surface area contributed by atoms with Crippen LogP contribution in [-0.4, -0.2) is 37.5 Å². The summed E-state index contributed by atoms with van der Waals surface area (Å²) in [5.74, 6) is 0.674. The number of aromatic amines is 1. The molecule has 9 heteroatoms. The summed E-state index contributed by atoms with van der Waals surface area (Å²) >= 11 is 11.8. The lowest BCUT2D eigenvalue weighted by atomic mass is 10.2. The largest absolute Gasteiger partial charge is 0.370 e. The van der Waals surface area contributed by atoms with E-state index in [1.807, 2.05) is 37.3 Å². The first-order valence-electron chi connectivity index (χ1n) is 8.29. The molecule has 0 spiro atoms. The molecule has 3 aromatic rings. The first-order chi connectivity index (χ1) is 12.6. The van der Waals surface area contributed by atoms with Crippen molar-refractivity contribution in [2.75, 3.05) is 6.61 Å². The molecule has 26 heavy (non-hydrogen) atoms. The van der Waals surface area contributed by atoms with Gasteiger partial charge in [-0.25, -0.2) is 4.68 Å². The molecule has 1 aliphatic heterocycles. The zero-order chi connectivity index (χ0) is 18.1. The highest BCUT2D eigenvalue weighted by Crippen LogP contribution is 2.27. The van der Waals surface area contributed by atoms with Gasteiger partial charge in [-0.3, -0.25) is 5.10 Å². The zero-order valence-corrected chi connectivity index (χ0v) is 15.7. The first-order valence-corrected chi connectivity index (χ1v) is 9.07. The predicted octanol–water partition coefficient (Wildman–Crippen LogP) is 3.82. The molecule has 1 N–H and O–H groups in total. The number of hydrogen-bond donors (Lipinski definition) is 1. The molecule has 7 nitrogen and oxygen atoms in total. The molecular weight excluding hydrogens is 372 g/mol. The van der Waals surface area contributed by atoms with Crippen LogP contribution in [0, 0.1) is 11.7 Å².